The maximum Gasteiger partial charge on any atom is 0.454 e. The number of hydrogen-bond acceptors (Lipinski definition) is 3. The van der Waals surface area contributed by atoms with Crippen molar-refractivity contribution in [2.45, 2.75) is 44.3 Å². The fourth-order valence-electron chi connectivity index (χ4n) is 4.20. The Balaban J connectivity index is 1.86. The van der Waals surface area contributed by atoms with Crippen LogP contribution in [0.4, 0.5) is 17.6 Å². The van der Waals surface area contributed by atoms with Gasteiger partial charge in [0.2, 0.25) is 5.91 Å². The van der Waals surface area contributed by atoms with E-state index in [1.165, 1.54) is 24.3 Å². The van der Waals surface area contributed by atoms with Crippen molar-refractivity contribution in [2.75, 3.05) is 7.05 Å². The van der Waals surface area contributed by atoms with Gasteiger partial charge in [0.25, 0.3) is 5.78 Å². The summed E-state index contributed by atoms with van der Waals surface area (Å²) in [5.41, 5.74) is 5.85. The van der Waals surface area contributed by atoms with E-state index in [2.05, 4.69) is 5.32 Å². The van der Waals surface area contributed by atoms with Crippen LogP contribution < -0.4 is 11.1 Å². The molecule has 2 aromatic rings. The first-order chi connectivity index (χ1) is 14.6. The molecule has 0 aliphatic heterocycles. The van der Waals surface area contributed by atoms with E-state index in [-0.39, 0.29) is 6.42 Å². The Labute approximate surface area is 177 Å². The zero-order chi connectivity index (χ0) is 22.8. The molecule has 2 aromatic carbocycles. The van der Waals surface area contributed by atoms with E-state index in [9.17, 15) is 27.2 Å². The smallest absolute Gasteiger partial charge is 0.369 e. The lowest BCUT2D eigenvalue weighted by Gasteiger charge is -2.38. The molecule has 0 saturated heterocycles. The summed E-state index contributed by atoms with van der Waals surface area (Å²) in [5.74, 6) is -2.84. The van der Waals surface area contributed by atoms with E-state index in [0.29, 0.717) is 35.6 Å². The first-order valence-corrected chi connectivity index (χ1v) is 10.0. The van der Waals surface area contributed by atoms with Crippen LogP contribution in [0.15, 0.2) is 42.5 Å². The minimum Gasteiger partial charge on any atom is -0.369 e. The van der Waals surface area contributed by atoms with Gasteiger partial charge in [-0.25, -0.2) is 4.39 Å². The van der Waals surface area contributed by atoms with Crippen molar-refractivity contribution < 1.29 is 27.2 Å². The quantitative estimate of drug-likeness (QED) is 0.520. The number of benzene rings is 2. The van der Waals surface area contributed by atoms with E-state index in [0.717, 1.165) is 25.0 Å². The molecule has 4 nitrogen and oxygen atoms in total. The number of alkyl halides is 3. The highest BCUT2D eigenvalue weighted by atomic mass is 19.4. The van der Waals surface area contributed by atoms with Crippen molar-refractivity contribution in [3.63, 3.8) is 0 Å². The number of halogens is 4. The van der Waals surface area contributed by atoms with Gasteiger partial charge in [-0.3, -0.25) is 9.59 Å². The first kappa shape index (κ1) is 22.9. The lowest BCUT2D eigenvalue weighted by atomic mass is 9.68. The number of nitrogens with two attached hydrogens (primary N) is 1. The fourth-order valence-corrected chi connectivity index (χ4v) is 4.20. The molecule has 1 aliphatic carbocycles. The fraction of sp³-hybridized carbons (Fsp3) is 0.391. The summed E-state index contributed by atoms with van der Waals surface area (Å²) in [6.07, 6.45) is -2.18. The second-order valence-electron chi connectivity index (χ2n) is 8.09. The molecule has 1 aliphatic rings. The maximum absolute atomic E-state index is 14.6. The predicted octanol–water partition coefficient (Wildman–Crippen LogP) is 4.41. The molecule has 1 amide bonds. The highest BCUT2D eigenvalue weighted by Gasteiger charge is 2.41. The second-order valence-corrected chi connectivity index (χ2v) is 8.09. The molecule has 3 rings (SSSR count). The van der Waals surface area contributed by atoms with Crippen LogP contribution in [0.5, 0.6) is 0 Å². The first-order valence-electron chi connectivity index (χ1n) is 10.0. The second kappa shape index (κ2) is 8.78. The summed E-state index contributed by atoms with van der Waals surface area (Å²) >= 11 is 0. The van der Waals surface area contributed by atoms with Crippen molar-refractivity contribution in [1.29, 1.82) is 0 Å². The Kier molecular flexibility index (Phi) is 6.50. The molecule has 0 aromatic heterocycles. The topological polar surface area (TPSA) is 72.2 Å². The van der Waals surface area contributed by atoms with Crippen LogP contribution in [-0.2, 0) is 11.2 Å². The largest absolute Gasteiger partial charge is 0.454 e. The minimum absolute atomic E-state index is 0.156. The van der Waals surface area contributed by atoms with Crippen molar-refractivity contribution in [2.24, 2.45) is 11.1 Å². The van der Waals surface area contributed by atoms with Crippen LogP contribution in [0.2, 0.25) is 0 Å². The third-order valence-corrected chi connectivity index (χ3v) is 6.19. The van der Waals surface area contributed by atoms with Crippen molar-refractivity contribution in [1.82, 2.24) is 5.32 Å². The highest BCUT2D eigenvalue weighted by Crippen LogP contribution is 2.40. The van der Waals surface area contributed by atoms with Crippen molar-refractivity contribution in [3.8, 4) is 11.1 Å². The van der Waals surface area contributed by atoms with Gasteiger partial charge in [0.1, 0.15) is 5.82 Å². The third-order valence-electron chi connectivity index (χ3n) is 6.19. The maximum atomic E-state index is 14.6. The molecule has 0 bridgehead atoms. The van der Waals surface area contributed by atoms with E-state index >= 15 is 0 Å². The van der Waals surface area contributed by atoms with Gasteiger partial charge in [-0.1, -0.05) is 30.3 Å². The molecule has 31 heavy (non-hydrogen) atoms. The number of hydrogen-bond donors (Lipinski definition) is 2. The van der Waals surface area contributed by atoms with Gasteiger partial charge in [-0.05, 0) is 68.0 Å². The van der Waals surface area contributed by atoms with Crippen molar-refractivity contribution >= 4 is 11.7 Å². The number of Topliss-reactive ketones (excluding diaryl/α,β-unsaturated/α-hetero) is 1. The number of carbonyl (C=O) groups excluding carboxylic acids is 2. The van der Waals surface area contributed by atoms with E-state index in [4.69, 9.17) is 5.73 Å². The molecular weight excluding hydrogens is 412 g/mol. The third kappa shape index (κ3) is 4.95. The Hall–Kier alpha value is -2.74. The van der Waals surface area contributed by atoms with E-state index in [1.54, 1.807) is 6.07 Å². The molecule has 0 spiro atoms. The Morgan fingerprint density at radius 2 is 1.65 bits per heavy atom. The molecule has 8 heteroatoms. The van der Waals surface area contributed by atoms with Crippen LogP contribution in [0, 0.1) is 11.2 Å². The zero-order valence-electron chi connectivity index (χ0n) is 17.1. The summed E-state index contributed by atoms with van der Waals surface area (Å²) in [4.78, 5) is 23.6. The number of nitrogens with one attached hydrogen (secondary N) is 1. The van der Waals surface area contributed by atoms with Crippen LogP contribution >= 0.6 is 0 Å². The molecule has 1 fully saturated rings. The molecule has 0 radical (unpaired) electrons. The summed E-state index contributed by atoms with van der Waals surface area (Å²) in [6, 6.07) is 9.63. The molecular formula is C23H24F4N2O2. The number of ketones is 1. The molecule has 166 valence electrons. The van der Waals surface area contributed by atoms with Gasteiger partial charge in [0.15, 0.2) is 0 Å². The van der Waals surface area contributed by atoms with Crippen LogP contribution in [-0.4, -0.2) is 31.0 Å². The highest BCUT2D eigenvalue weighted by molar-refractivity contribution is 6.00. The summed E-state index contributed by atoms with van der Waals surface area (Å²) < 4.78 is 52.4. The Morgan fingerprint density at radius 3 is 2.16 bits per heavy atom. The average molecular weight is 436 g/mol. The lowest BCUT2D eigenvalue weighted by Crippen LogP contribution is -2.45. The summed E-state index contributed by atoms with van der Waals surface area (Å²) in [7, 11) is 1.86. The van der Waals surface area contributed by atoms with Gasteiger partial charge in [0, 0.05) is 11.6 Å². The van der Waals surface area contributed by atoms with Crippen LogP contribution in [0.25, 0.3) is 11.1 Å². The average Bonchev–Trinajstić information content (AvgIpc) is 2.74. The molecule has 3 N–H and O–H groups in total. The van der Waals surface area contributed by atoms with Gasteiger partial charge in [-0.15, -0.1) is 0 Å². The van der Waals surface area contributed by atoms with Gasteiger partial charge >= 0.3 is 6.18 Å². The SMILES string of the molecule is CNC1CCC(Cc2cc(-c3ccc(C(=O)C(F)(F)F)cc3)ccc2F)(C(N)=O)CC1. The van der Waals surface area contributed by atoms with Gasteiger partial charge in [-0.2, -0.15) is 13.2 Å². The normalized spacial score (nSPS) is 21.6. The summed E-state index contributed by atoms with van der Waals surface area (Å²) in [5, 5.41) is 3.19. The number of carbonyl (C=O) groups is 2. The Bertz CT molecular complexity index is 963. The minimum atomic E-state index is -4.94. The zero-order valence-corrected chi connectivity index (χ0v) is 17.1. The number of rotatable bonds is 6. The van der Waals surface area contributed by atoms with E-state index < -0.39 is 34.7 Å². The van der Waals surface area contributed by atoms with Gasteiger partial charge < -0.3 is 11.1 Å². The Morgan fingerprint density at radius 1 is 1.06 bits per heavy atom. The standard InChI is InChI=1S/C23H24F4N2O2/c1-29-18-8-10-22(11-9-18,21(28)31)13-17-12-16(6-7-19(17)24)14-2-4-15(5-3-14)20(30)23(25,26)27/h2-7,12,18,29H,8-11,13H2,1H3,(H2,28,31). The van der Waals surface area contributed by atoms with Gasteiger partial charge in [0.05, 0.1) is 5.41 Å². The molecule has 0 heterocycles. The summed E-state index contributed by atoms with van der Waals surface area (Å²) in [6.45, 7) is 0. The molecule has 0 atom stereocenters. The lowest BCUT2D eigenvalue weighted by molar-refractivity contribution is -0.129. The molecule has 0 unspecified atom stereocenters. The monoisotopic (exact) mass is 436 g/mol. The number of amides is 1. The van der Waals surface area contributed by atoms with E-state index in [1.807, 2.05) is 7.05 Å². The number of primary amides is 1. The predicted molar refractivity (Wildman–Crippen MR) is 109 cm³/mol. The molecule has 1 saturated carbocycles. The van der Waals surface area contributed by atoms with Crippen LogP contribution in [0.1, 0.15) is 41.6 Å². The van der Waals surface area contributed by atoms with Crippen molar-refractivity contribution in [3.05, 3.63) is 59.4 Å². The van der Waals surface area contributed by atoms with Crippen LogP contribution in [0.3, 0.4) is 0 Å².